The van der Waals surface area contributed by atoms with Crippen molar-refractivity contribution in [2.75, 3.05) is 0 Å². The number of carbonyl (C=O) groups excluding carboxylic acids is 1. The molecular formula is C15H25NO2S. The average molecular weight is 283 g/mol. The molecular weight excluding hydrogens is 258 g/mol. The standard InChI is InChI=1S/C15H25NO2S/c1-5-12(16-14(17)18-15(2,3)4)8-6-9-13-10-7-11-19-13/h7,10-12H,5-6,8-9H2,1-4H3,(H,16,17). The summed E-state index contributed by atoms with van der Waals surface area (Å²) in [6.45, 7) is 7.73. The first-order chi connectivity index (χ1) is 8.90. The Bertz CT molecular complexity index is 368. The van der Waals surface area contributed by atoms with Gasteiger partial charge in [-0.2, -0.15) is 0 Å². The second-order valence-electron chi connectivity index (χ2n) is 5.72. The van der Waals surface area contributed by atoms with E-state index in [-0.39, 0.29) is 12.1 Å². The van der Waals surface area contributed by atoms with Crippen LogP contribution in [0.4, 0.5) is 4.79 Å². The summed E-state index contributed by atoms with van der Waals surface area (Å²) in [6, 6.07) is 4.44. The number of ether oxygens (including phenoxy) is 1. The number of rotatable bonds is 6. The van der Waals surface area contributed by atoms with Crippen LogP contribution in [0.2, 0.25) is 0 Å². The van der Waals surface area contributed by atoms with Gasteiger partial charge in [0.25, 0.3) is 0 Å². The largest absolute Gasteiger partial charge is 0.444 e. The van der Waals surface area contributed by atoms with Crippen molar-refractivity contribution in [3.63, 3.8) is 0 Å². The van der Waals surface area contributed by atoms with E-state index in [2.05, 4.69) is 29.8 Å². The third kappa shape index (κ3) is 7.21. The molecule has 1 aromatic rings. The fraction of sp³-hybridized carbons (Fsp3) is 0.667. The Balaban J connectivity index is 2.27. The molecule has 1 heterocycles. The Labute approximate surface area is 120 Å². The molecule has 0 saturated carbocycles. The molecule has 0 aromatic carbocycles. The minimum absolute atomic E-state index is 0.204. The molecule has 1 atom stereocenters. The Morgan fingerprint density at radius 1 is 1.47 bits per heavy atom. The highest BCUT2D eigenvalue weighted by Gasteiger charge is 2.18. The third-order valence-corrected chi connectivity index (χ3v) is 3.71. The van der Waals surface area contributed by atoms with Gasteiger partial charge < -0.3 is 10.1 Å². The number of amides is 1. The van der Waals surface area contributed by atoms with Gasteiger partial charge in [-0.15, -0.1) is 11.3 Å². The van der Waals surface area contributed by atoms with E-state index >= 15 is 0 Å². The normalized spacial score (nSPS) is 13.1. The summed E-state index contributed by atoms with van der Waals surface area (Å²) >= 11 is 1.79. The molecule has 0 fully saturated rings. The first-order valence-corrected chi connectivity index (χ1v) is 7.80. The van der Waals surface area contributed by atoms with Crippen LogP contribution >= 0.6 is 11.3 Å². The topological polar surface area (TPSA) is 38.3 Å². The zero-order chi connectivity index (χ0) is 14.3. The van der Waals surface area contributed by atoms with E-state index in [0.29, 0.717) is 0 Å². The van der Waals surface area contributed by atoms with Crippen molar-refractivity contribution in [1.29, 1.82) is 0 Å². The number of alkyl carbamates (subject to hydrolysis) is 1. The van der Waals surface area contributed by atoms with Gasteiger partial charge in [-0.3, -0.25) is 0 Å². The minimum Gasteiger partial charge on any atom is -0.444 e. The Kier molecular flexibility index (Phi) is 6.35. The lowest BCUT2D eigenvalue weighted by Crippen LogP contribution is -2.38. The van der Waals surface area contributed by atoms with Crippen molar-refractivity contribution in [1.82, 2.24) is 5.32 Å². The van der Waals surface area contributed by atoms with Crippen LogP contribution < -0.4 is 5.32 Å². The summed E-state index contributed by atoms with van der Waals surface area (Å²) in [4.78, 5) is 13.1. The monoisotopic (exact) mass is 283 g/mol. The van der Waals surface area contributed by atoms with Crippen LogP contribution in [0, 0.1) is 0 Å². The van der Waals surface area contributed by atoms with E-state index in [0.717, 1.165) is 25.7 Å². The van der Waals surface area contributed by atoms with Crippen molar-refractivity contribution < 1.29 is 9.53 Å². The number of hydrogen-bond acceptors (Lipinski definition) is 3. The molecule has 0 aliphatic heterocycles. The van der Waals surface area contributed by atoms with Gasteiger partial charge in [0.15, 0.2) is 0 Å². The van der Waals surface area contributed by atoms with Crippen LogP contribution in [0.3, 0.4) is 0 Å². The molecule has 0 aliphatic carbocycles. The van der Waals surface area contributed by atoms with Crippen molar-refractivity contribution in [2.24, 2.45) is 0 Å². The smallest absolute Gasteiger partial charge is 0.407 e. The molecule has 1 amide bonds. The first kappa shape index (κ1) is 16.0. The van der Waals surface area contributed by atoms with Gasteiger partial charge in [-0.05, 0) is 57.9 Å². The SMILES string of the molecule is CCC(CCCc1cccs1)NC(=O)OC(C)(C)C. The van der Waals surface area contributed by atoms with Gasteiger partial charge in [0.05, 0.1) is 0 Å². The lowest BCUT2D eigenvalue weighted by Gasteiger charge is -2.23. The summed E-state index contributed by atoms with van der Waals surface area (Å²) < 4.78 is 5.27. The molecule has 1 N–H and O–H groups in total. The van der Waals surface area contributed by atoms with Crippen molar-refractivity contribution in [3.05, 3.63) is 22.4 Å². The quantitative estimate of drug-likeness (QED) is 0.841. The zero-order valence-corrected chi connectivity index (χ0v) is 13.2. The van der Waals surface area contributed by atoms with Crippen LogP contribution in [0.5, 0.6) is 0 Å². The Morgan fingerprint density at radius 3 is 2.74 bits per heavy atom. The molecule has 0 spiro atoms. The lowest BCUT2D eigenvalue weighted by molar-refractivity contribution is 0.0500. The molecule has 4 heteroatoms. The molecule has 108 valence electrons. The fourth-order valence-electron chi connectivity index (χ4n) is 1.83. The summed E-state index contributed by atoms with van der Waals surface area (Å²) in [5.41, 5.74) is -0.431. The van der Waals surface area contributed by atoms with Gasteiger partial charge in [-0.1, -0.05) is 13.0 Å². The summed E-state index contributed by atoms with van der Waals surface area (Å²) in [6.07, 6.45) is 3.80. The second kappa shape index (κ2) is 7.53. The van der Waals surface area contributed by atoms with Crippen molar-refractivity contribution >= 4 is 17.4 Å². The van der Waals surface area contributed by atoms with E-state index in [9.17, 15) is 4.79 Å². The predicted octanol–water partition coefficient (Wildman–Crippen LogP) is 4.37. The Hall–Kier alpha value is -1.03. The molecule has 1 rings (SSSR count). The summed E-state index contributed by atoms with van der Waals surface area (Å²) in [5, 5.41) is 5.05. The maximum Gasteiger partial charge on any atom is 0.407 e. The molecule has 3 nitrogen and oxygen atoms in total. The van der Waals surface area contributed by atoms with E-state index in [1.54, 1.807) is 11.3 Å². The van der Waals surface area contributed by atoms with E-state index in [1.165, 1.54) is 4.88 Å². The highest BCUT2D eigenvalue weighted by molar-refractivity contribution is 7.09. The zero-order valence-electron chi connectivity index (χ0n) is 12.4. The number of carbonyl (C=O) groups is 1. The molecule has 1 unspecified atom stereocenters. The van der Waals surface area contributed by atoms with Crippen LogP contribution in [0.15, 0.2) is 17.5 Å². The molecule has 0 aliphatic rings. The number of aryl methyl sites for hydroxylation is 1. The first-order valence-electron chi connectivity index (χ1n) is 6.92. The number of nitrogens with one attached hydrogen (secondary N) is 1. The maximum absolute atomic E-state index is 11.7. The van der Waals surface area contributed by atoms with Crippen LogP contribution in [-0.2, 0) is 11.2 Å². The summed E-state index contributed by atoms with van der Waals surface area (Å²) in [5.74, 6) is 0. The maximum atomic E-state index is 11.7. The number of thiophene rings is 1. The van der Waals surface area contributed by atoms with Gasteiger partial charge in [0.2, 0.25) is 0 Å². The molecule has 0 bridgehead atoms. The van der Waals surface area contributed by atoms with Gasteiger partial charge in [0.1, 0.15) is 5.60 Å². The van der Waals surface area contributed by atoms with Gasteiger partial charge in [0, 0.05) is 10.9 Å². The Morgan fingerprint density at radius 2 is 2.21 bits per heavy atom. The molecule has 0 saturated heterocycles. The van der Waals surface area contributed by atoms with Crippen LogP contribution in [-0.4, -0.2) is 17.7 Å². The summed E-state index contributed by atoms with van der Waals surface area (Å²) in [7, 11) is 0. The molecule has 19 heavy (non-hydrogen) atoms. The van der Waals surface area contributed by atoms with Crippen molar-refractivity contribution in [3.8, 4) is 0 Å². The predicted molar refractivity (Wildman–Crippen MR) is 80.7 cm³/mol. The highest BCUT2D eigenvalue weighted by Crippen LogP contribution is 2.14. The van der Waals surface area contributed by atoms with Gasteiger partial charge >= 0.3 is 6.09 Å². The van der Waals surface area contributed by atoms with Crippen LogP contribution in [0.25, 0.3) is 0 Å². The van der Waals surface area contributed by atoms with E-state index in [4.69, 9.17) is 4.74 Å². The van der Waals surface area contributed by atoms with E-state index < -0.39 is 5.60 Å². The fourth-order valence-corrected chi connectivity index (χ4v) is 2.58. The molecule has 0 radical (unpaired) electrons. The van der Waals surface area contributed by atoms with Crippen molar-refractivity contribution in [2.45, 2.75) is 65.0 Å². The number of hydrogen-bond donors (Lipinski definition) is 1. The second-order valence-corrected chi connectivity index (χ2v) is 6.76. The lowest BCUT2D eigenvalue weighted by atomic mass is 10.1. The van der Waals surface area contributed by atoms with E-state index in [1.807, 2.05) is 20.8 Å². The minimum atomic E-state index is -0.431. The highest BCUT2D eigenvalue weighted by atomic mass is 32.1. The van der Waals surface area contributed by atoms with Crippen LogP contribution in [0.1, 0.15) is 51.8 Å². The third-order valence-electron chi connectivity index (χ3n) is 2.77. The average Bonchev–Trinajstić information content (AvgIpc) is 2.78. The van der Waals surface area contributed by atoms with Gasteiger partial charge in [-0.25, -0.2) is 4.79 Å². The molecule has 1 aromatic heterocycles.